The Morgan fingerprint density at radius 3 is 2.59 bits per heavy atom. The van der Waals surface area contributed by atoms with Crippen LogP contribution >= 0.6 is 0 Å². The van der Waals surface area contributed by atoms with Gasteiger partial charge in [0.2, 0.25) is 6.54 Å². The molecule has 0 aliphatic rings. The van der Waals surface area contributed by atoms with Gasteiger partial charge in [-0.05, 0) is 26.8 Å². The van der Waals surface area contributed by atoms with Gasteiger partial charge in [0.25, 0.3) is 5.91 Å². The number of amides is 1. The molecule has 5 nitrogen and oxygen atoms in total. The first-order valence-corrected chi connectivity index (χ1v) is 5.29. The number of ether oxygens (including phenoxy) is 1. The van der Waals surface area contributed by atoms with Crippen LogP contribution in [-0.2, 0) is 16.1 Å². The van der Waals surface area contributed by atoms with Crippen molar-refractivity contribution < 1.29 is 18.9 Å². The summed E-state index contributed by atoms with van der Waals surface area (Å²) in [5.74, 6) is -0.882. The number of nitrogens with two attached hydrogens (primary N) is 1. The Labute approximate surface area is 100 Å². The molecule has 0 unspecified atom stereocenters. The van der Waals surface area contributed by atoms with Crippen LogP contribution in [0.3, 0.4) is 0 Å². The van der Waals surface area contributed by atoms with E-state index in [0.717, 1.165) is 0 Å². The highest BCUT2D eigenvalue weighted by Crippen LogP contribution is 2.06. The molecular weight excluding hydrogens is 220 g/mol. The molecule has 0 saturated carbocycles. The lowest BCUT2D eigenvalue weighted by molar-refractivity contribution is -0.686. The summed E-state index contributed by atoms with van der Waals surface area (Å²) in [6, 6.07) is 3.25. The number of nitrogens with zero attached hydrogens (tertiary/aromatic N) is 1. The summed E-state index contributed by atoms with van der Waals surface area (Å²) < 4.78 is 6.73. The molecule has 0 aliphatic heterocycles. The maximum atomic E-state index is 11.6. The van der Waals surface area contributed by atoms with E-state index in [4.69, 9.17) is 10.5 Å². The first-order chi connectivity index (χ1) is 7.78. The Hall–Kier alpha value is -1.91. The van der Waals surface area contributed by atoms with E-state index in [9.17, 15) is 9.59 Å². The highest BCUT2D eigenvalue weighted by atomic mass is 16.6. The fourth-order valence-electron chi connectivity index (χ4n) is 1.29. The molecule has 1 aromatic heterocycles. The monoisotopic (exact) mass is 237 g/mol. The number of carbonyl (C=O) groups excluding carboxylic acids is 2. The lowest BCUT2D eigenvalue weighted by Gasteiger charge is -2.18. The van der Waals surface area contributed by atoms with Crippen LogP contribution in [0.4, 0.5) is 0 Å². The zero-order valence-electron chi connectivity index (χ0n) is 10.3. The van der Waals surface area contributed by atoms with Crippen LogP contribution in [0.5, 0.6) is 0 Å². The van der Waals surface area contributed by atoms with E-state index in [2.05, 4.69) is 0 Å². The van der Waals surface area contributed by atoms with Gasteiger partial charge in [0.15, 0.2) is 12.4 Å². The van der Waals surface area contributed by atoms with Crippen LogP contribution in [0.25, 0.3) is 0 Å². The Balaban J connectivity index is 2.72. The standard InChI is InChI=1S/C12H16N2O3/c1-12(2,3)17-10(15)8-14-6-4-5-9(7-14)11(13)16/h4-7H,8H2,1-3H3,(H-,13,16)/p+1. The first-order valence-electron chi connectivity index (χ1n) is 5.29. The lowest BCUT2D eigenvalue weighted by atomic mass is 10.2. The van der Waals surface area contributed by atoms with Crippen LogP contribution in [0.2, 0.25) is 0 Å². The average molecular weight is 237 g/mol. The molecule has 5 heteroatoms. The topological polar surface area (TPSA) is 73.3 Å². The van der Waals surface area contributed by atoms with E-state index in [0.29, 0.717) is 5.56 Å². The molecule has 2 N–H and O–H groups in total. The van der Waals surface area contributed by atoms with Crippen molar-refractivity contribution >= 4 is 11.9 Å². The Morgan fingerprint density at radius 1 is 1.41 bits per heavy atom. The maximum Gasteiger partial charge on any atom is 0.373 e. The number of pyridine rings is 1. The molecule has 1 amide bonds. The van der Waals surface area contributed by atoms with Gasteiger partial charge in [-0.3, -0.25) is 4.79 Å². The van der Waals surface area contributed by atoms with E-state index in [1.54, 1.807) is 43.7 Å². The second kappa shape index (κ2) is 4.95. The number of esters is 1. The molecule has 0 atom stereocenters. The SMILES string of the molecule is CC(C)(C)OC(=O)C[n+]1cccc(C(N)=O)c1. The third-order valence-electron chi connectivity index (χ3n) is 1.87. The second-order valence-electron chi connectivity index (χ2n) is 4.72. The number of aromatic nitrogens is 1. The lowest BCUT2D eigenvalue weighted by Crippen LogP contribution is -2.41. The first kappa shape index (κ1) is 13.2. The van der Waals surface area contributed by atoms with E-state index in [1.807, 2.05) is 0 Å². The fraction of sp³-hybridized carbons (Fsp3) is 0.417. The summed E-state index contributed by atoms with van der Waals surface area (Å²) >= 11 is 0. The number of carbonyl (C=O) groups is 2. The molecule has 0 bridgehead atoms. The van der Waals surface area contributed by atoms with Crippen molar-refractivity contribution in [1.29, 1.82) is 0 Å². The van der Waals surface area contributed by atoms with Gasteiger partial charge < -0.3 is 10.5 Å². The van der Waals surface area contributed by atoms with Crippen molar-refractivity contribution in [2.24, 2.45) is 5.73 Å². The highest BCUT2D eigenvalue weighted by molar-refractivity contribution is 5.92. The van der Waals surface area contributed by atoms with Crippen LogP contribution in [0, 0.1) is 0 Å². The van der Waals surface area contributed by atoms with Crippen molar-refractivity contribution in [1.82, 2.24) is 0 Å². The van der Waals surface area contributed by atoms with Gasteiger partial charge in [-0.25, -0.2) is 4.79 Å². The predicted octanol–water partition coefficient (Wildman–Crippen LogP) is 0.415. The summed E-state index contributed by atoms with van der Waals surface area (Å²) in [7, 11) is 0. The van der Waals surface area contributed by atoms with Crippen LogP contribution in [-0.4, -0.2) is 17.5 Å². The molecule has 0 saturated heterocycles. The van der Waals surface area contributed by atoms with Crippen LogP contribution in [0.1, 0.15) is 31.1 Å². The maximum absolute atomic E-state index is 11.6. The zero-order chi connectivity index (χ0) is 13.1. The number of hydrogen-bond acceptors (Lipinski definition) is 3. The fourth-order valence-corrected chi connectivity index (χ4v) is 1.29. The molecule has 1 aromatic rings. The molecule has 0 aromatic carbocycles. The molecule has 1 rings (SSSR count). The van der Waals surface area contributed by atoms with Crippen molar-refractivity contribution in [2.45, 2.75) is 32.9 Å². The molecule has 0 radical (unpaired) electrons. The predicted molar refractivity (Wildman–Crippen MR) is 61.0 cm³/mol. The minimum Gasteiger partial charge on any atom is -0.455 e. The summed E-state index contributed by atoms with van der Waals surface area (Å²) in [4.78, 5) is 22.5. The summed E-state index contributed by atoms with van der Waals surface area (Å²) in [6.45, 7) is 5.46. The van der Waals surface area contributed by atoms with Gasteiger partial charge >= 0.3 is 5.97 Å². The van der Waals surface area contributed by atoms with Gasteiger partial charge in [0.05, 0.1) is 0 Å². The van der Waals surface area contributed by atoms with Crippen LogP contribution in [0.15, 0.2) is 24.5 Å². The molecule has 92 valence electrons. The Kier molecular flexibility index (Phi) is 3.83. The Bertz CT molecular complexity index is 436. The van der Waals surface area contributed by atoms with Crippen molar-refractivity contribution in [3.8, 4) is 0 Å². The van der Waals surface area contributed by atoms with E-state index in [1.165, 1.54) is 6.20 Å². The molecule has 0 spiro atoms. The molecule has 1 heterocycles. The molecule has 0 aliphatic carbocycles. The molecule has 0 fully saturated rings. The number of primary amides is 1. The third kappa shape index (κ3) is 4.63. The van der Waals surface area contributed by atoms with E-state index >= 15 is 0 Å². The van der Waals surface area contributed by atoms with E-state index in [-0.39, 0.29) is 12.5 Å². The summed E-state index contributed by atoms with van der Waals surface area (Å²) in [5.41, 5.74) is 4.99. The minimum absolute atomic E-state index is 0.0540. The number of rotatable bonds is 3. The van der Waals surface area contributed by atoms with Crippen molar-refractivity contribution in [3.63, 3.8) is 0 Å². The van der Waals surface area contributed by atoms with Gasteiger partial charge in [0, 0.05) is 6.07 Å². The molecular formula is C12H17N2O3+. The summed E-state index contributed by atoms with van der Waals surface area (Å²) in [6.07, 6.45) is 3.20. The van der Waals surface area contributed by atoms with Gasteiger partial charge in [-0.1, -0.05) is 0 Å². The number of hydrogen-bond donors (Lipinski definition) is 1. The van der Waals surface area contributed by atoms with Crippen molar-refractivity contribution in [3.05, 3.63) is 30.1 Å². The third-order valence-corrected chi connectivity index (χ3v) is 1.87. The van der Waals surface area contributed by atoms with Gasteiger partial charge in [0.1, 0.15) is 11.2 Å². The van der Waals surface area contributed by atoms with Crippen molar-refractivity contribution in [2.75, 3.05) is 0 Å². The van der Waals surface area contributed by atoms with E-state index < -0.39 is 11.5 Å². The Morgan fingerprint density at radius 2 is 2.06 bits per heavy atom. The van der Waals surface area contributed by atoms with Crippen LogP contribution < -0.4 is 10.3 Å². The minimum atomic E-state index is -0.525. The quantitative estimate of drug-likeness (QED) is 0.611. The highest BCUT2D eigenvalue weighted by Gasteiger charge is 2.19. The normalized spacial score (nSPS) is 11.0. The average Bonchev–Trinajstić information content (AvgIpc) is 2.14. The second-order valence-corrected chi connectivity index (χ2v) is 4.72. The van der Waals surface area contributed by atoms with Gasteiger partial charge in [-0.2, -0.15) is 4.57 Å². The zero-order valence-corrected chi connectivity index (χ0v) is 10.3. The summed E-state index contributed by atoms with van der Waals surface area (Å²) in [5, 5.41) is 0. The largest absolute Gasteiger partial charge is 0.455 e. The van der Waals surface area contributed by atoms with Gasteiger partial charge in [-0.15, -0.1) is 0 Å². The smallest absolute Gasteiger partial charge is 0.373 e. The molecule has 17 heavy (non-hydrogen) atoms.